The largest absolute Gasteiger partial charge is 0.478 e. The van der Waals surface area contributed by atoms with E-state index in [1.54, 1.807) is 49.1 Å². The van der Waals surface area contributed by atoms with Crippen molar-refractivity contribution in [3.63, 3.8) is 0 Å². The molecule has 0 saturated carbocycles. The Bertz CT molecular complexity index is 1760. The van der Waals surface area contributed by atoms with Crippen molar-refractivity contribution in [2.45, 2.75) is 6.92 Å². The first-order valence-electron chi connectivity index (χ1n) is 12.7. The van der Waals surface area contributed by atoms with Gasteiger partial charge in [-0.25, -0.2) is 31.6 Å². The van der Waals surface area contributed by atoms with Crippen LogP contribution in [0.15, 0.2) is 90.0 Å². The number of thiophene rings is 1. The minimum atomic E-state index is -3.52. The van der Waals surface area contributed by atoms with Crippen molar-refractivity contribution in [3.05, 3.63) is 112 Å². The van der Waals surface area contributed by atoms with Gasteiger partial charge in [0.15, 0.2) is 0 Å². The van der Waals surface area contributed by atoms with Crippen molar-refractivity contribution in [3.8, 4) is 11.3 Å². The molecule has 0 saturated heterocycles. The van der Waals surface area contributed by atoms with Crippen LogP contribution >= 0.6 is 11.3 Å². The highest BCUT2D eigenvalue weighted by Gasteiger charge is 2.19. The lowest BCUT2D eigenvalue weighted by atomic mass is 10.1. The lowest BCUT2D eigenvalue weighted by Crippen LogP contribution is -2.15. The Morgan fingerprint density at radius 1 is 0.933 bits per heavy atom. The number of aliphatic carboxylic acids is 2. The SMILES string of the molecule is CNc1cc(-c2cscc2C)n(S(=O)(=O)CC=Cc2cccnc2)c1.O=C(O)/C=C/C(=O)O.O=C(O)c1cccc(C(=O)O)c1. The van der Waals surface area contributed by atoms with Gasteiger partial charge in [0, 0.05) is 48.7 Å². The smallest absolute Gasteiger partial charge is 0.335 e. The summed E-state index contributed by atoms with van der Waals surface area (Å²) in [6, 6.07) is 10.8. The van der Waals surface area contributed by atoms with Crippen LogP contribution in [-0.2, 0) is 19.6 Å². The molecule has 0 radical (unpaired) electrons. The van der Waals surface area contributed by atoms with Crippen LogP contribution in [-0.4, -0.2) is 74.5 Å². The lowest BCUT2D eigenvalue weighted by molar-refractivity contribution is -0.134. The molecule has 0 bridgehead atoms. The van der Waals surface area contributed by atoms with E-state index in [-0.39, 0.29) is 16.9 Å². The quantitative estimate of drug-likeness (QED) is 0.148. The molecule has 4 rings (SSSR count). The van der Waals surface area contributed by atoms with E-state index in [0.717, 1.165) is 28.4 Å². The zero-order valence-corrected chi connectivity index (χ0v) is 25.5. The van der Waals surface area contributed by atoms with Crippen LogP contribution in [0.5, 0.6) is 0 Å². The van der Waals surface area contributed by atoms with Crippen LogP contribution in [0, 0.1) is 6.92 Å². The average molecular weight is 656 g/mol. The molecule has 3 heterocycles. The number of nitrogens with one attached hydrogen (secondary N) is 1. The minimum Gasteiger partial charge on any atom is -0.478 e. The number of carboxylic acids is 4. The van der Waals surface area contributed by atoms with Gasteiger partial charge >= 0.3 is 23.9 Å². The van der Waals surface area contributed by atoms with Crippen molar-refractivity contribution in [1.82, 2.24) is 8.96 Å². The van der Waals surface area contributed by atoms with Crippen molar-refractivity contribution < 1.29 is 48.0 Å². The first-order chi connectivity index (χ1) is 21.2. The Labute approximate surface area is 262 Å². The van der Waals surface area contributed by atoms with Crippen LogP contribution in [0.2, 0.25) is 0 Å². The second-order valence-corrected chi connectivity index (χ2v) is 11.4. The van der Waals surface area contributed by atoms with Gasteiger partial charge in [-0.2, -0.15) is 11.3 Å². The van der Waals surface area contributed by atoms with Crippen LogP contribution in [0.3, 0.4) is 0 Å². The molecular weight excluding hydrogens is 626 g/mol. The average Bonchev–Trinajstić information content (AvgIpc) is 3.63. The molecular formula is C30H29N3O10S2. The van der Waals surface area contributed by atoms with Gasteiger partial charge in [0.05, 0.1) is 28.3 Å². The number of hydrogen-bond acceptors (Lipinski definition) is 9. The number of pyridine rings is 1. The Hall–Kier alpha value is -5.54. The van der Waals surface area contributed by atoms with Crippen molar-refractivity contribution in [2.75, 3.05) is 18.1 Å². The molecule has 45 heavy (non-hydrogen) atoms. The number of rotatable bonds is 10. The summed E-state index contributed by atoms with van der Waals surface area (Å²) in [6.45, 7) is 1.98. The maximum Gasteiger partial charge on any atom is 0.335 e. The summed E-state index contributed by atoms with van der Waals surface area (Å²) in [4.78, 5) is 43.9. The van der Waals surface area contributed by atoms with Gasteiger partial charge in [-0.3, -0.25) is 4.98 Å². The molecule has 0 atom stereocenters. The first kappa shape index (κ1) is 35.7. The second-order valence-electron chi connectivity index (χ2n) is 8.80. The highest BCUT2D eigenvalue weighted by atomic mass is 32.2. The number of aryl methyl sites for hydroxylation is 1. The molecule has 0 spiro atoms. The number of carbonyl (C=O) groups is 4. The molecule has 0 aliphatic rings. The Balaban J connectivity index is 0.000000292. The minimum absolute atomic E-state index is 0.0186. The maximum atomic E-state index is 12.9. The van der Waals surface area contributed by atoms with E-state index >= 15 is 0 Å². The van der Waals surface area contributed by atoms with Crippen LogP contribution in [0.25, 0.3) is 17.3 Å². The Kier molecular flexibility index (Phi) is 13.4. The van der Waals surface area contributed by atoms with E-state index in [4.69, 9.17) is 20.4 Å². The van der Waals surface area contributed by atoms with Crippen LogP contribution < -0.4 is 5.32 Å². The Morgan fingerprint density at radius 3 is 2.02 bits per heavy atom. The molecule has 0 fully saturated rings. The topological polar surface area (TPSA) is 213 Å². The molecule has 1 aromatic carbocycles. The molecule has 3 aromatic heterocycles. The number of anilines is 1. The van der Waals surface area contributed by atoms with Crippen molar-refractivity contribution in [2.24, 2.45) is 0 Å². The highest BCUT2D eigenvalue weighted by Crippen LogP contribution is 2.31. The van der Waals surface area contributed by atoms with Gasteiger partial charge in [0.25, 0.3) is 0 Å². The summed E-state index contributed by atoms with van der Waals surface area (Å²) in [6.07, 6.45) is 9.53. The first-order valence-corrected chi connectivity index (χ1v) is 15.2. The summed E-state index contributed by atoms with van der Waals surface area (Å²) in [7, 11) is -1.74. The molecule has 0 aliphatic carbocycles. The van der Waals surface area contributed by atoms with Crippen LogP contribution in [0.4, 0.5) is 5.69 Å². The van der Waals surface area contributed by atoms with Gasteiger partial charge < -0.3 is 25.7 Å². The van der Waals surface area contributed by atoms with E-state index in [2.05, 4.69) is 10.3 Å². The standard InChI is InChI=1S/C18H19N3O2S2.C8H6O4.C4H4O4/c1-14-12-24-13-17(14)18-9-16(19-2)11-21(18)25(22,23)8-4-6-15-5-3-7-20-10-15;9-7(10)5-2-1-3-6(4-5)8(11)12;5-3(6)1-2-4(7)8/h3-7,9-13,19H,8H2,1-2H3;1-4H,(H,9,10)(H,11,12);1-2H,(H,5,6)(H,7,8)/b;;2-1+. The van der Waals surface area contributed by atoms with Gasteiger partial charge in [0.2, 0.25) is 10.0 Å². The Morgan fingerprint density at radius 2 is 1.56 bits per heavy atom. The summed E-state index contributed by atoms with van der Waals surface area (Å²) < 4.78 is 27.1. The number of aromatic carboxylic acids is 2. The number of aromatic nitrogens is 2. The normalized spacial score (nSPS) is 10.8. The third-order valence-electron chi connectivity index (χ3n) is 5.53. The van der Waals surface area contributed by atoms with E-state index in [0.29, 0.717) is 17.8 Å². The van der Waals surface area contributed by atoms with Gasteiger partial charge in [0.1, 0.15) is 0 Å². The zero-order chi connectivity index (χ0) is 33.6. The number of benzene rings is 1. The monoisotopic (exact) mass is 655 g/mol. The van der Waals surface area contributed by atoms with Crippen LogP contribution in [0.1, 0.15) is 31.8 Å². The molecule has 4 aromatic rings. The molecule has 0 aliphatic heterocycles. The third kappa shape index (κ3) is 11.6. The lowest BCUT2D eigenvalue weighted by Gasteiger charge is -2.08. The van der Waals surface area contributed by atoms with E-state index < -0.39 is 33.9 Å². The fraction of sp³-hybridized carbons (Fsp3) is 0.100. The molecule has 15 heteroatoms. The summed E-state index contributed by atoms with van der Waals surface area (Å²) in [5, 5.41) is 39.6. The zero-order valence-electron chi connectivity index (χ0n) is 23.9. The van der Waals surface area contributed by atoms with E-state index in [9.17, 15) is 27.6 Å². The molecule has 5 N–H and O–H groups in total. The van der Waals surface area contributed by atoms with Gasteiger partial charge in [-0.1, -0.05) is 24.3 Å². The highest BCUT2D eigenvalue weighted by molar-refractivity contribution is 7.90. The van der Waals surface area contributed by atoms with E-state index in [1.165, 1.54) is 22.2 Å². The van der Waals surface area contributed by atoms with Crippen molar-refractivity contribution >= 4 is 57.0 Å². The molecule has 13 nitrogen and oxygen atoms in total. The summed E-state index contributed by atoms with van der Waals surface area (Å²) in [5.74, 6) is -4.85. The maximum absolute atomic E-state index is 12.9. The van der Waals surface area contributed by atoms with Gasteiger partial charge in [-0.05, 0) is 53.8 Å². The summed E-state index contributed by atoms with van der Waals surface area (Å²) >= 11 is 1.56. The summed E-state index contributed by atoms with van der Waals surface area (Å²) in [5.41, 5.74) is 4.28. The number of carboxylic acid groups (broad SMARTS) is 4. The number of hydrogen-bond donors (Lipinski definition) is 5. The molecule has 0 amide bonds. The molecule has 0 unspecified atom stereocenters. The van der Waals surface area contributed by atoms with Crippen molar-refractivity contribution in [1.29, 1.82) is 0 Å². The predicted octanol–water partition coefficient (Wildman–Crippen LogP) is 4.65. The van der Waals surface area contributed by atoms with E-state index in [1.807, 2.05) is 35.9 Å². The second kappa shape index (κ2) is 16.9. The third-order valence-corrected chi connectivity index (χ3v) is 7.91. The fourth-order valence-corrected chi connectivity index (χ4v) is 5.49. The van der Waals surface area contributed by atoms with Gasteiger partial charge in [-0.15, -0.1) is 0 Å². The number of nitrogens with zero attached hydrogens (tertiary/aromatic N) is 2. The fourth-order valence-electron chi connectivity index (χ4n) is 3.42. The molecule has 236 valence electrons. The predicted molar refractivity (Wildman–Crippen MR) is 169 cm³/mol.